The molecule has 1 unspecified atom stereocenters. The Bertz CT molecular complexity index is 472. The minimum absolute atomic E-state index is 0.0356. The highest BCUT2D eigenvalue weighted by atomic mass is 16.3. The van der Waals surface area contributed by atoms with Crippen molar-refractivity contribution in [1.82, 2.24) is 0 Å². The smallest absolute Gasteiger partial charge is 0.0905 e. The maximum atomic E-state index is 10.8. The zero-order valence-electron chi connectivity index (χ0n) is 14.7. The third-order valence-corrected chi connectivity index (χ3v) is 9.17. The molecule has 2 bridgehead atoms. The number of aliphatic hydroxyl groups is 2. The van der Waals surface area contributed by atoms with Gasteiger partial charge in [-0.05, 0) is 85.4 Å². The Morgan fingerprint density at radius 2 is 1.73 bits per heavy atom. The van der Waals surface area contributed by atoms with Crippen LogP contribution in [0.25, 0.3) is 0 Å². The van der Waals surface area contributed by atoms with E-state index in [1.165, 1.54) is 44.9 Å². The van der Waals surface area contributed by atoms with Crippen molar-refractivity contribution in [2.75, 3.05) is 6.61 Å². The Morgan fingerprint density at radius 1 is 0.955 bits per heavy atom. The Kier molecular flexibility index (Phi) is 3.16. The highest BCUT2D eigenvalue weighted by Crippen LogP contribution is 2.75. The van der Waals surface area contributed by atoms with Gasteiger partial charge in [-0.1, -0.05) is 27.2 Å². The summed E-state index contributed by atoms with van der Waals surface area (Å²) >= 11 is 0. The van der Waals surface area contributed by atoms with Gasteiger partial charge in [0, 0.05) is 0 Å². The molecule has 2 heteroatoms. The van der Waals surface area contributed by atoms with E-state index < -0.39 is 5.60 Å². The van der Waals surface area contributed by atoms with Crippen LogP contribution in [0.3, 0.4) is 0 Å². The maximum Gasteiger partial charge on any atom is 0.0905 e. The van der Waals surface area contributed by atoms with Gasteiger partial charge in [0.05, 0.1) is 12.2 Å². The molecule has 6 atom stereocenters. The molecule has 4 saturated carbocycles. The van der Waals surface area contributed by atoms with Gasteiger partial charge in [0.25, 0.3) is 0 Å². The zero-order valence-corrected chi connectivity index (χ0v) is 14.7. The molecule has 4 fully saturated rings. The Balaban J connectivity index is 1.74. The van der Waals surface area contributed by atoms with Gasteiger partial charge >= 0.3 is 0 Å². The highest BCUT2D eigenvalue weighted by molar-refractivity contribution is 5.18. The minimum Gasteiger partial charge on any atom is -0.393 e. The highest BCUT2D eigenvalue weighted by Gasteiger charge is 2.68. The average Bonchev–Trinajstić information content (AvgIpc) is 2.80. The molecule has 22 heavy (non-hydrogen) atoms. The summed E-state index contributed by atoms with van der Waals surface area (Å²) in [5.41, 5.74) is 0.622. The van der Waals surface area contributed by atoms with Gasteiger partial charge in [0.15, 0.2) is 0 Å². The summed E-state index contributed by atoms with van der Waals surface area (Å²) in [6, 6.07) is 0. The van der Waals surface area contributed by atoms with Crippen LogP contribution in [0.2, 0.25) is 0 Å². The summed E-state index contributed by atoms with van der Waals surface area (Å²) in [7, 11) is 0. The third kappa shape index (κ3) is 1.69. The summed E-state index contributed by atoms with van der Waals surface area (Å²) in [5, 5.41) is 20.6. The molecule has 0 radical (unpaired) electrons. The number of hydrogen-bond acceptors (Lipinski definition) is 2. The van der Waals surface area contributed by atoms with E-state index in [1.807, 2.05) is 0 Å². The molecule has 0 saturated heterocycles. The lowest BCUT2D eigenvalue weighted by Crippen LogP contribution is -2.58. The van der Waals surface area contributed by atoms with Crippen LogP contribution >= 0.6 is 0 Å². The second-order valence-corrected chi connectivity index (χ2v) is 10.1. The van der Waals surface area contributed by atoms with E-state index in [0.29, 0.717) is 22.2 Å². The molecule has 0 amide bonds. The van der Waals surface area contributed by atoms with Crippen molar-refractivity contribution in [1.29, 1.82) is 0 Å². The van der Waals surface area contributed by atoms with Crippen molar-refractivity contribution < 1.29 is 10.2 Å². The molecule has 0 aliphatic heterocycles. The molecule has 126 valence electrons. The van der Waals surface area contributed by atoms with Crippen molar-refractivity contribution >= 4 is 0 Å². The first kappa shape index (κ1) is 15.4. The third-order valence-electron chi connectivity index (χ3n) is 9.17. The number of rotatable bonds is 1. The van der Waals surface area contributed by atoms with E-state index in [4.69, 9.17) is 0 Å². The molecule has 0 aromatic heterocycles. The number of hydrogen-bond donors (Lipinski definition) is 2. The largest absolute Gasteiger partial charge is 0.393 e. The predicted octanol–water partition coefficient (Wildman–Crippen LogP) is 4.14. The number of fused-ring (bicyclic) bond motifs is 2. The first-order valence-corrected chi connectivity index (χ1v) is 9.61. The first-order chi connectivity index (χ1) is 10.3. The van der Waals surface area contributed by atoms with Gasteiger partial charge in [-0.2, -0.15) is 0 Å². The van der Waals surface area contributed by atoms with E-state index in [9.17, 15) is 10.2 Å². The summed E-state index contributed by atoms with van der Waals surface area (Å²) in [5.74, 6) is 1.99. The lowest BCUT2D eigenvalue weighted by Gasteiger charge is -2.65. The van der Waals surface area contributed by atoms with Crippen LogP contribution in [0.5, 0.6) is 0 Å². The van der Waals surface area contributed by atoms with Crippen molar-refractivity contribution in [3.63, 3.8) is 0 Å². The molecular weight excluding hydrogens is 272 g/mol. The molecule has 0 aromatic carbocycles. The molecule has 0 heterocycles. The van der Waals surface area contributed by atoms with Gasteiger partial charge in [-0.15, -0.1) is 0 Å². The van der Waals surface area contributed by atoms with Crippen LogP contribution in [-0.4, -0.2) is 22.4 Å². The van der Waals surface area contributed by atoms with Crippen LogP contribution in [0.15, 0.2) is 0 Å². The van der Waals surface area contributed by atoms with E-state index in [-0.39, 0.29) is 6.61 Å². The lowest BCUT2D eigenvalue weighted by molar-refractivity contribution is -0.177. The monoisotopic (exact) mass is 306 g/mol. The fraction of sp³-hybridized carbons (Fsp3) is 1.00. The Labute approximate surface area is 135 Å². The second kappa shape index (κ2) is 4.51. The van der Waals surface area contributed by atoms with Crippen molar-refractivity contribution in [3.05, 3.63) is 0 Å². The summed E-state index contributed by atoms with van der Waals surface area (Å²) in [4.78, 5) is 0. The zero-order chi connectivity index (χ0) is 15.8. The Hall–Kier alpha value is -0.0800. The molecule has 4 aliphatic carbocycles. The van der Waals surface area contributed by atoms with Crippen molar-refractivity contribution in [2.24, 2.45) is 34.0 Å². The molecule has 4 rings (SSSR count). The predicted molar refractivity (Wildman–Crippen MR) is 88.4 cm³/mol. The fourth-order valence-electron chi connectivity index (χ4n) is 8.00. The maximum absolute atomic E-state index is 10.8. The fourth-order valence-corrected chi connectivity index (χ4v) is 8.00. The normalized spacial score (nSPS) is 56.3. The van der Waals surface area contributed by atoms with Crippen molar-refractivity contribution in [2.45, 2.75) is 84.2 Å². The van der Waals surface area contributed by atoms with Crippen LogP contribution in [0.4, 0.5) is 0 Å². The van der Waals surface area contributed by atoms with Gasteiger partial charge in [-0.25, -0.2) is 0 Å². The van der Waals surface area contributed by atoms with Crippen LogP contribution in [0.1, 0.15) is 78.6 Å². The summed E-state index contributed by atoms with van der Waals surface area (Å²) < 4.78 is 0. The molecular formula is C20H34O2. The quantitative estimate of drug-likeness (QED) is 0.764. The van der Waals surface area contributed by atoms with Gasteiger partial charge < -0.3 is 10.2 Å². The Morgan fingerprint density at radius 3 is 2.45 bits per heavy atom. The van der Waals surface area contributed by atoms with Crippen LogP contribution in [0, 0.1) is 34.0 Å². The van der Waals surface area contributed by atoms with Gasteiger partial charge in [0.2, 0.25) is 0 Å². The molecule has 2 N–H and O–H groups in total. The van der Waals surface area contributed by atoms with E-state index >= 15 is 0 Å². The van der Waals surface area contributed by atoms with Crippen LogP contribution in [-0.2, 0) is 0 Å². The first-order valence-electron chi connectivity index (χ1n) is 9.61. The van der Waals surface area contributed by atoms with Crippen molar-refractivity contribution in [3.8, 4) is 0 Å². The molecule has 0 aromatic rings. The standard InChI is InChI=1S/C20H34O2/c1-17(2)7-4-8-18(3)16(17)6-5-14-11-15-12-19(14,18)9-10-20(15,22)13-21/h14-16,21-22H,4-13H2,1-3H3/t14-,15+,16-,18-,19?,20-/m0/s1. The molecule has 2 nitrogen and oxygen atoms in total. The van der Waals surface area contributed by atoms with Gasteiger partial charge in [-0.3, -0.25) is 0 Å². The topological polar surface area (TPSA) is 40.5 Å². The average molecular weight is 306 g/mol. The minimum atomic E-state index is -0.779. The van der Waals surface area contributed by atoms with E-state index in [0.717, 1.165) is 24.7 Å². The van der Waals surface area contributed by atoms with Gasteiger partial charge in [0.1, 0.15) is 0 Å². The van der Waals surface area contributed by atoms with E-state index in [2.05, 4.69) is 20.8 Å². The molecule has 4 aliphatic rings. The van der Waals surface area contributed by atoms with Crippen LogP contribution < -0.4 is 0 Å². The molecule has 1 spiro atoms. The lowest BCUT2D eigenvalue weighted by atomic mass is 9.40. The summed E-state index contributed by atoms with van der Waals surface area (Å²) in [6.07, 6.45) is 11.2. The van der Waals surface area contributed by atoms with E-state index in [1.54, 1.807) is 0 Å². The summed E-state index contributed by atoms with van der Waals surface area (Å²) in [6.45, 7) is 7.58. The number of aliphatic hydroxyl groups excluding tert-OH is 1. The second-order valence-electron chi connectivity index (χ2n) is 10.1. The SMILES string of the molecule is CC1(C)CCC[C@@]2(C)[C@H]1CC[C@H]1C[C@@H]3CC12CC[C@]3(O)CO.